The summed E-state index contributed by atoms with van der Waals surface area (Å²) in [4.78, 5) is 13.1. The quantitative estimate of drug-likeness (QED) is 0.502. The monoisotopic (exact) mass is 396 g/mol. The van der Waals surface area contributed by atoms with Crippen molar-refractivity contribution in [2.24, 2.45) is 0 Å². The van der Waals surface area contributed by atoms with E-state index in [1.807, 2.05) is 52.0 Å². The summed E-state index contributed by atoms with van der Waals surface area (Å²) in [5.41, 5.74) is 0.684. The van der Waals surface area contributed by atoms with Gasteiger partial charge in [-0.2, -0.15) is 0 Å². The van der Waals surface area contributed by atoms with Gasteiger partial charge in [0.25, 0.3) is 0 Å². The van der Waals surface area contributed by atoms with Crippen LogP contribution in [0.25, 0.3) is 0 Å². The fourth-order valence-corrected chi connectivity index (χ4v) is 3.37. The minimum atomic E-state index is -0.518. The Morgan fingerprint density at radius 3 is 1.76 bits per heavy atom. The van der Waals surface area contributed by atoms with Gasteiger partial charge in [-0.05, 0) is 69.7 Å². The average molecular weight is 396 g/mol. The topological polar surface area (TPSA) is 54.0 Å². The van der Waals surface area contributed by atoms with Crippen LogP contribution in [0.5, 0.6) is 11.5 Å². The lowest BCUT2D eigenvalue weighted by Crippen LogP contribution is -2.41. The Balaban J connectivity index is 1.89. The molecule has 0 N–H and O–H groups in total. The Morgan fingerprint density at radius 2 is 1.31 bits per heavy atom. The van der Waals surface area contributed by atoms with E-state index < -0.39 is 18.3 Å². The lowest BCUT2D eigenvalue weighted by Gasteiger charge is -2.32. The van der Waals surface area contributed by atoms with Crippen LogP contribution in [0.2, 0.25) is 0 Å². The molecule has 0 bridgehead atoms. The molecule has 5 nitrogen and oxygen atoms in total. The first-order valence-electron chi connectivity index (χ1n) is 9.84. The van der Waals surface area contributed by atoms with Crippen molar-refractivity contribution in [2.75, 3.05) is 14.2 Å². The van der Waals surface area contributed by atoms with Crippen molar-refractivity contribution < 1.29 is 23.6 Å². The molecule has 0 aliphatic carbocycles. The van der Waals surface area contributed by atoms with Crippen molar-refractivity contribution in [3.63, 3.8) is 0 Å². The Bertz CT molecular complexity index is 827. The van der Waals surface area contributed by atoms with E-state index >= 15 is 0 Å². The molecular formula is C23H29BO5. The molecule has 2 aromatic rings. The molecule has 1 aliphatic rings. The molecule has 1 fully saturated rings. The van der Waals surface area contributed by atoms with Gasteiger partial charge in [-0.15, -0.1) is 0 Å². The maximum absolute atomic E-state index is 13.1. The highest BCUT2D eigenvalue weighted by molar-refractivity contribution is 6.48. The van der Waals surface area contributed by atoms with Crippen LogP contribution in [0.15, 0.2) is 48.5 Å². The summed E-state index contributed by atoms with van der Waals surface area (Å²) in [6.45, 7) is 8.07. The van der Waals surface area contributed by atoms with Gasteiger partial charge in [-0.1, -0.05) is 12.1 Å². The first kappa shape index (κ1) is 21.4. The molecule has 2 aromatic carbocycles. The van der Waals surface area contributed by atoms with Crippen molar-refractivity contribution in [3.05, 3.63) is 59.7 Å². The highest BCUT2D eigenvalue weighted by Crippen LogP contribution is 2.42. The molecule has 3 rings (SSSR count). The molecule has 0 aromatic heterocycles. The fourth-order valence-electron chi connectivity index (χ4n) is 3.37. The Hall–Kier alpha value is -2.31. The molecule has 0 amide bonds. The molecule has 1 atom stereocenters. The van der Waals surface area contributed by atoms with E-state index in [1.54, 1.807) is 38.5 Å². The van der Waals surface area contributed by atoms with E-state index in [0.29, 0.717) is 5.56 Å². The Kier molecular flexibility index (Phi) is 6.06. The van der Waals surface area contributed by atoms with Gasteiger partial charge >= 0.3 is 7.12 Å². The van der Waals surface area contributed by atoms with Crippen LogP contribution in [0.3, 0.4) is 0 Å². The summed E-state index contributed by atoms with van der Waals surface area (Å²) in [6, 6.07) is 14.9. The maximum Gasteiger partial charge on any atom is 0.466 e. The average Bonchev–Trinajstić information content (AvgIpc) is 2.93. The summed E-state index contributed by atoms with van der Waals surface area (Å²) < 4.78 is 23.0. The maximum atomic E-state index is 13.1. The number of benzene rings is 2. The van der Waals surface area contributed by atoms with Crippen LogP contribution in [-0.4, -0.2) is 38.3 Å². The molecule has 0 saturated carbocycles. The number of rotatable bonds is 7. The summed E-state index contributed by atoms with van der Waals surface area (Å²) >= 11 is 0. The second-order valence-corrected chi connectivity index (χ2v) is 8.36. The number of carbonyl (C=O) groups is 1. The fraction of sp³-hybridized carbons (Fsp3) is 0.435. The number of methoxy groups -OCH3 is 2. The first-order valence-corrected chi connectivity index (χ1v) is 9.84. The minimum Gasteiger partial charge on any atom is -0.497 e. The van der Waals surface area contributed by atoms with E-state index in [2.05, 4.69) is 0 Å². The van der Waals surface area contributed by atoms with Gasteiger partial charge in [0.2, 0.25) is 0 Å². The van der Waals surface area contributed by atoms with Crippen LogP contribution in [-0.2, 0) is 9.31 Å². The van der Waals surface area contributed by atoms with Crippen LogP contribution >= 0.6 is 0 Å². The van der Waals surface area contributed by atoms with Crippen LogP contribution in [0, 0.1) is 0 Å². The van der Waals surface area contributed by atoms with Crippen molar-refractivity contribution in [1.82, 2.24) is 0 Å². The van der Waals surface area contributed by atoms with Crippen molar-refractivity contribution in [3.8, 4) is 11.5 Å². The zero-order valence-electron chi connectivity index (χ0n) is 18.0. The van der Waals surface area contributed by atoms with Crippen molar-refractivity contribution in [2.45, 2.75) is 51.1 Å². The van der Waals surface area contributed by atoms with Gasteiger partial charge in [0, 0.05) is 17.8 Å². The Morgan fingerprint density at radius 1 is 0.862 bits per heavy atom. The van der Waals surface area contributed by atoms with Crippen LogP contribution in [0.1, 0.15) is 55.9 Å². The summed E-state index contributed by atoms with van der Waals surface area (Å²) in [5.74, 6) is 1.28. The number of ether oxygens (including phenoxy) is 2. The van der Waals surface area contributed by atoms with E-state index in [1.165, 1.54) is 0 Å². The molecule has 1 saturated heterocycles. The third kappa shape index (κ3) is 4.49. The first-order chi connectivity index (χ1) is 13.7. The van der Waals surface area contributed by atoms with Crippen molar-refractivity contribution in [1.29, 1.82) is 0 Å². The predicted molar refractivity (Wildman–Crippen MR) is 114 cm³/mol. The number of carbonyl (C=O) groups excluding carboxylic acids is 1. The largest absolute Gasteiger partial charge is 0.497 e. The van der Waals surface area contributed by atoms with Gasteiger partial charge in [0.15, 0.2) is 5.78 Å². The number of hydrogen-bond donors (Lipinski definition) is 0. The highest BCUT2D eigenvalue weighted by Gasteiger charge is 2.54. The zero-order valence-corrected chi connectivity index (χ0v) is 18.0. The predicted octanol–water partition coefficient (Wildman–Crippen LogP) is 4.69. The minimum absolute atomic E-state index is 0.0307. The normalized spacial score (nSPS) is 18.3. The summed E-state index contributed by atoms with van der Waals surface area (Å²) in [7, 11) is 2.72. The molecule has 1 aliphatic heterocycles. The van der Waals surface area contributed by atoms with E-state index in [9.17, 15) is 4.79 Å². The molecular weight excluding hydrogens is 367 g/mol. The number of Topliss-reactive ketones (excluding diaryl/α,β-unsaturated/α-hetero) is 1. The van der Waals surface area contributed by atoms with Gasteiger partial charge in [0.05, 0.1) is 25.4 Å². The summed E-state index contributed by atoms with van der Waals surface area (Å²) in [5, 5.41) is 0. The van der Waals surface area contributed by atoms with Crippen LogP contribution in [0.4, 0.5) is 0 Å². The molecule has 0 spiro atoms. The molecule has 0 radical (unpaired) electrons. The van der Waals surface area contributed by atoms with Crippen molar-refractivity contribution >= 4 is 12.9 Å². The van der Waals surface area contributed by atoms with E-state index in [4.69, 9.17) is 18.8 Å². The lowest BCUT2D eigenvalue weighted by atomic mass is 9.65. The number of ketones is 1. The van der Waals surface area contributed by atoms with Gasteiger partial charge in [-0.25, -0.2) is 0 Å². The second kappa shape index (κ2) is 8.21. The SMILES string of the molecule is COc1ccc(C(=O)CC(B2OC(C)(C)C(C)(C)O2)c2ccc(OC)cc2)cc1. The Labute approximate surface area is 173 Å². The standard InChI is InChI=1S/C23H29BO5/c1-22(2)23(3,4)29-24(28-22)20(16-7-11-18(26-5)12-8-16)15-21(25)17-9-13-19(27-6)14-10-17/h7-14,20H,15H2,1-6H3. The molecule has 29 heavy (non-hydrogen) atoms. The third-order valence-corrected chi connectivity index (χ3v) is 5.96. The number of hydrogen-bond acceptors (Lipinski definition) is 5. The summed E-state index contributed by atoms with van der Waals surface area (Å²) in [6.07, 6.45) is 0.273. The highest BCUT2D eigenvalue weighted by atomic mass is 16.7. The zero-order chi connectivity index (χ0) is 21.2. The van der Waals surface area contributed by atoms with Gasteiger partial charge < -0.3 is 18.8 Å². The molecule has 6 heteroatoms. The van der Waals surface area contributed by atoms with Crippen LogP contribution < -0.4 is 9.47 Å². The smallest absolute Gasteiger partial charge is 0.466 e. The molecule has 1 heterocycles. The molecule has 1 unspecified atom stereocenters. The lowest BCUT2D eigenvalue weighted by molar-refractivity contribution is 0.00578. The second-order valence-electron chi connectivity index (χ2n) is 8.36. The van der Waals surface area contributed by atoms with Gasteiger partial charge in [0.1, 0.15) is 11.5 Å². The molecule has 154 valence electrons. The third-order valence-electron chi connectivity index (χ3n) is 5.96. The van der Waals surface area contributed by atoms with Gasteiger partial charge in [-0.3, -0.25) is 4.79 Å². The van der Waals surface area contributed by atoms with E-state index in [0.717, 1.165) is 17.1 Å². The van der Waals surface area contributed by atoms with E-state index in [-0.39, 0.29) is 18.0 Å².